The predicted molar refractivity (Wildman–Crippen MR) is 133 cm³/mol. The van der Waals surface area contributed by atoms with Crippen molar-refractivity contribution in [2.45, 2.75) is 52.7 Å². The van der Waals surface area contributed by atoms with Gasteiger partial charge in [-0.3, -0.25) is 15.2 Å². The van der Waals surface area contributed by atoms with Gasteiger partial charge in [-0.15, -0.1) is 0 Å². The van der Waals surface area contributed by atoms with Crippen molar-refractivity contribution in [3.8, 4) is 0 Å². The van der Waals surface area contributed by atoms with E-state index in [2.05, 4.69) is 44.6 Å². The number of nitrogens with zero attached hydrogens (tertiary/aromatic N) is 3. The highest BCUT2D eigenvalue weighted by Crippen LogP contribution is 2.13. The van der Waals surface area contributed by atoms with Crippen LogP contribution in [-0.4, -0.2) is 86.4 Å². The van der Waals surface area contributed by atoms with Crippen molar-refractivity contribution in [3.63, 3.8) is 0 Å². The Morgan fingerprint density at radius 1 is 1.12 bits per heavy atom. The van der Waals surface area contributed by atoms with Crippen LogP contribution in [0.1, 0.15) is 40.2 Å². The number of carbonyl (C=O) groups excluding carboxylic acids is 1. The van der Waals surface area contributed by atoms with Gasteiger partial charge in [-0.05, 0) is 58.4 Å². The van der Waals surface area contributed by atoms with Crippen molar-refractivity contribution in [2.75, 3.05) is 58.2 Å². The number of hydrogen-bond acceptors (Lipinski definition) is 5. The van der Waals surface area contributed by atoms with Crippen molar-refractivity contribution in [3.05, 3.63) is 29.8 Å². The number of amides is 1. The number of hydrogen-bond donors (Lipinski definition) is 3. The quantitative estimate of drug-likeness (QED) is 0.421. The summed E-state index contributed by atoms with van der Waals surface area (Å²) in [4.78, 5) is 21.2. The molecule has 1 fully saturated rings. The molecule has 1 saturated heterocycles. The maximum absolute atomic E-state index is 11.9. The van der Waals surface area contributed by atoms with E-state index < -0.39 is 11.7 Å². The highest BCUT2D eigenvalue weighted by molar-refractivity contribution is 5.84. The Morgan fingerprint density at radius 2 is 1.78 bits per heavy atom. The molecular weight excluding hydrogens is 404 g/mol. The summed E-state index contributed by atoms with van der Waals surface area (Å²) in [6, 6.07) is 8.29. The van der Waals surface area contributed by atoms with Crippen LogP contribution in [0.2, 0.25) is 0 Å². The second-order valence-electron chi connectivity index (χ2n) is 9.27. The Kier molecular flexibility index (Phi) is 10.3. The van der Waals surface area contributed by atoms with Crippen LogP contribution >= 0.6 is 0 Å². The molecule has 1 heterocycles. The van der Waals surface area contributed by atoms with E-state index in [1.54, 1.807) is 7.05 Å². The van der Waals surface area contributed by atoms with Crippen LogP contribution in [0.15, 0.2) is 29.3 Å². The number of anilines is 1. The molecule has 1 aliphatic heterocycles. The smallest absolute Gasteiger partial charge is 0.412 e. The first-order chi connectivity index (χ1) is 15.2. The van der Waals surface area contributed by atoms with Gasteiger partial charge in [0.2, 0.25) is 0 Å². The van der Waals surface area contributed by atoms with Crippen molar-refractivity contribution >= 4 is 17.7 Å². The highest BCUT2D eigenvalue weighted by atomic mass is 16.6. The summed E-state index contributed by atoms with van der Waals surface area (Å²) < 4.78 is 5.28. The number of rotatable bonds is 8. The van der Waals surface area contributed by atoms with Crippen molar-refractivity contribution in [1.82, 2.24) is 20.4 Å². The van der Waals surface area contributed by atoms with E-state index in [1.807, 2.05) is 45.0 Å². The zero-order valence-corrected chi connectivity index (χ0v) is 20.7. The third kappa shape index (κ3) is 9.44. The summed E-state index contributed by atoms with van der Waals surface area (Å²) in [7, 11) is 1.80. The van der Waals surface area contributed by atoms with Crippen LogP contribution in [0, 0.1) is 0 Å². The lowest BCUT2D eigenvalue weighted by Crippen LogP contribution is -2.53. The molecule has 0 bridgehead atoms. The van der Waals surface area contributed by atoms with E-state index >= 15 is 0 Å². The second kappa shape index (κ2) is 12.6. The van der Waals surface area contributed by atoms with Crippen LogP contribution in [0.3, 0.4) is 0 Å². The van der Waals surface area contributed by atoms with E-state index in [-0.39, 0.29) is 0 Å². The molecule has 1 amide bonds. The lowest BCUT2D eigenvalue weighted by atomic mass is 10.1. The standard InChI is InChI=1S/C24H42N6O2/c1-7-29-14-16-30(17-15-29)19(2)18-27-22(25-6)26-13-12-20-8-10-21(11-9-20)28-23(31)32-24(3,4)5/h8-11,19H,7,12-18H2,1-6H3,(H,28,31)(H2,25,26,27). The van der Waals surface area contributed by atoms with Crippen LogP contribution in [0.4, 0.5) is 10.5 Å². The van der Waals surface area contributed by atoms with Crippen LogP contribution < -0.4 is 16.0 Å². The number of ether oxygens (including phenoxy) is 1. The summed E-state index contributed by atoms with van der Waals surface area (Å²) in [5.74, 6) is 0.826. The SMILES string of the molecule is CCN1CCN(C(C)CNC(=NC)NCCc2ccc(NC(=O)OC(C)(C)C)cc2)CC1. The summed E-state index contributed by atoms with van der Waals surface area (Å²) in [6.45, 7) is 17.4. The van der Waals surface area contributed by atoms with Gasteiger partial charge in [0.25, 0.3) is 0 Å². The first-order valence-electron chi connectivity index (χ1n) is 11.7. The molecule has 32 heavy (non-hydrogen) atoms. The van der Waals surface area contributed by atoms with Crippen LogP contribution in [0.5, 0.6) is 0 Å². The molecule has 0 radical (unpaired) electrons. The maximum atomic E-state index is 11.9. The van der Waals surface area contributed by atoms with Crippen LogP contribution in [-0.2, 0) is 11.2 Å². The molecule has 8 nitrogen and oxygen atoms in total. The Balaban J connectivity index is 1.68. The van der Waals surface area contributed by atoms with Gasteiger partial charge in [-0.1, -0.05) is 19.1 Å². The van der Waals surface area contributed by atoms with E-state index in [0.29, 0.717) is 6.04 Å². The number of likely N-dealkylation sites (N-methyl/N-ethyl adjacent to an activating group) is 1. The minimum atomic E-state index is -0.510. The number of carbonyl (C=O) groups is 1. The molecule has 180 valence electrons. The summed E-state index contributed by atoms with van der Waals surface area (Å²) in [6.07, 6.45) is 0.422. The van der Waals surface area contributed by atoms with Crippen molar-refractivity contribution < 1.29 is 9.53 Å². The Labute approximate surface area is 193 Å². The largest absolute Gasteiger partial charge is 0.444 e. The van der Waals surface area contributed by atoms with Gasteiger partial charge in [0, 0.05) is 58.0 Å². The molecule has 3 N–H and O–H groups in total. The molecule has 0 saturated carbocycles. The Morgan fingerprint density at radius 3 is 2.34 bits per heavy atom. The van der Waals surface area contributed by atoms with Crippen molar-refractivity contribution in [2.24, 2.45) is 4.99 Å². The first kappa shape index (κ1) is 25.9. The minimum Gasteiger partial charge on any atom is -0.444 e. The monoisotopic (exact) mass is 446 g/mol. The van der Waals surface area contributed by atoms with Gasteiger partial charge in [0.15, 0.2) is 5.96 Å². The lowest BCUT2D eigenvalue weighted by molar-refractivity contribution is 0.0636. The molecular formula is C24H42N6O2. The lowest BCUT2D eigenvalue weighted by Gasteiger charge is -2.37. The Bertz CT molecular complexity index is 721. The highest BCUT2D eigenvalue weighted by Gasteiger charge is 2.20. The molecule has 1 aliphatic rings. The van der Waals surface area contributed by atoms with Crippen LogP contribution in [0.25, 0.3) is 0 Å². The zero-order chi connectivity index (χ0) is 23.6. The van der Waals surface area contributed by atoms with E-state index in [4.69, 9.17) is 4.74 Å². The topological polar surface area (TPSA) is 81.2 Å². The molecule has 1 unspecified atom stereocenters. The number of nitrogens with one attached hydrogen (secondary N) is 3. The molecule has 1 atom stereocenters. The summed E-state index contributed by atoms with van der Waals surface area (Å²) in [5.41, 5.74) is 1.40. The molecule has 1 aromatic rings. The summed E-state index contributed by atoms with van der Waals surface area (Å²) in [5, 5.41) is 9.59. The molecule has 0 aromatic heterocycles. The average Bonchev–Trinajstić information content (AvgIpc) is 2.75. The fourth-order valence-corrected chi connectivity index (χ4v) is 3.62. The van der Waals surface area contributed by atoms with Gasteiger partial charge >= 0.3 is 6.09 Å². The van der Waals surface area contributed by atoms with Gasteiger partial charge < -0.3 is 20.3 Å². The Hall–Kier alpha value is -2.32. The number of benzene rings is 1. The summed E-state index contributed by atoms with van der Waals surface area (Å²) >= 11 is 0. The van der Waals surface area contributed by atoms with E-state index in [1.165, 1.54) is 5.56 Å². The predicted octanol–water partition coefficient (Wildman–Crippen LogP) is 2.77. The molecule has 1 aromatic carbocycles. The maximum Gasteiger partial charge on any atom is 0.412 e. The number of piperazine rings is 1. The zero-order valence-electron chi connectivity index (χ0n) is 20.7. The normalized spacial score (nSPS) is 17.0. The number of aliphatic imine (C=N–C) groups is 1. The number of guanidine groups is 1. The fraction of sp³-hybridized carbons (Fsp3) is 0.667. The first-order valence-corrected chi connectivity index (χ1v) is 11.7. The molecule has 0 aliphatic carbocycles. The second-order valence-corrected chi connectivity index (χ2v) is 9.27. The third-order valence-corrected chi connectivity index (χ3v) is 5.57. The fourth-order valence-electron chi connectivity index (χ4n) is 3.62. The van der Waals surface area contributed by atoms with Gasteiger partial charge in [0.05, 0.1) is 0 Å². The molecule has 8 heteroatoms. The van der Waals surface area contributed by atoms with E-state index in [0.717, 1.165) is 63.9 Å². The van der Waals surface area contributed by atoms with Gasteiger partial charge in [-0.25, -0.2) is 4.79 Å². The minimum absolute atomic E-state index is 0.441. The molecule has 0 spiro atoms. The van der Waals surface area contributed by atoms with Crippen molar-refractivity contribution in [1.29, 1.82) is 0 Å². The molecule has 2 rings (SSSR count). The average molecular weight is 447 g/mol. The third-order valence-electron chi connectivity index (χ3n) is 5.57. The van der Waals surface area contributed by atoms with E-state index in [9.17, 15) is 4.79 Å². The van der Waals surface area contributed by atoms with Gasteiger partial charge in [0.1, 0.15) is 5.60 Å². The van der Waals surface area contributed by atoms with Gasteiger partial charge in [-0.2, -0.15) is 0 Å².